The molecule has 0 atom stereocenters. The fourth-order valence-electron chi connectivity index (χ4n) is 2.33. The summed E-state index contributed by atoms with van der Waals surface area (Å²) in [6.45, 7) is 11.9. The van der Waals surface area contributed by atoms with Crippen LogP contribution in [0.1, 0.15) is 51.8 Å². The molecule has 0 unspecified atom stereocenters. The van der Waals surface area contributed by atoms with Crippen LogP contribution in [0.3, 0.4) is 0 Å². The van der Waals surface area contributed by atoms with Crippen LogP contribution < -0.4 is 15.4 Å². The summed E-state index contributed by atoms with van der Waals surface area (Å²) in [7, 11) is 0. The van der Waals surface area contributed by atoms with Gasteiger partial charge in [0.1, 0.15) is 5.76 Å². The Morgan fingerprint density at radius 2 is 2.04 bits per heavy atom. The molecule has 2 N–H and O–H groups in total. The van der Waals surface area contributed by atoms with E-state index >= 15 is 0 Å². The van der Waals surface area contributed by atoms with Crippen molar-refractivity contribution < 1.29 is 13.5 Å². The smallest absolute Gasteiger partial charge is 0.213 e. The first-order valence-corrected chi connectivity index (χ1v) is 9.22. The zero-order chi connectivity index (χ0) is 19.9. The highest BCUT2D eigenvalue weighted by Gasteiger charge is 2.19. The molecule has 0 saturated carbocycles. The van der Waals surface area contributed by atoms with Gasteiger partial charge in [0, 0.05) is 12.0 Å². The topological polar surface area (TPSA) is 71.7 Å². The molecule has 0 bridgehead atoms. The van der Waals surface area contributed by atoms with Crippen LogP contribution in [0.25, 0.3) is 0 Å². The van der Waals surface area contributed by atoms with Gasteiger partial charge in [0.05, 0.1) is 25.9 Å². The number of halogens is 1. The zero-order valence-electron chi connectivity index (χ0n) is 16.7. The second-order valence-electron chi connectivity index (χ2n) is 7.11. The van der Waals surface area contributed by atoms with Crippen molar-refractivity contribution >= 4 is 5.96 Å². The second-order valence-corrected chi connectivity index (χ2v) is 7.11. The van der Waals surface area contributed by atoms with Crippen molar-refractivity contribution in [2.75, 3.05) is 13.2 Å². The van der Waals surface area contributed by atoms with E-state index in [4.69, 9.17) is 9.15 Å². The molecule has 0 aliphatic heterocycles. The molecule has 148 valence electrons. The number of ether oxygens (including phenoxy) is 1. The Kier molecular flexibility index (Phi) is 7.21. The molecule has 7 heteroatoms. The van der Waals surface area contributed by atoms with Gasteiger partial charge in [0.25, 0.3) is 0 Å². The molecule has 0 radical (unpaired) electrons. The summed E-state index contributed by atoms with van der Waals surface area (Å²) in [5.74, 6) is 1.93. The SMILES string of the molecule is CCNC(=NCc1ccc(OCC)c(F)c1)NCc1ncc(C(C)(C)C)o1. The molecule has 0 saturated heterocycles. The highest BCUT2D eigenvalue weighted by atomic mass is 19.1. The zero-order valence-corrected chi connectivity index (χ0v) is 16.7. The minimum Gasteiger partial charge on any atom is -0.491 e. The number of oxazole rings is 1. The molecule has 0 spiro atoms. The average molecular weight is 376 g/mol. The lowest BCUT2D eigenvalue weighted by molar-refractivity contribution is 0.321. The molecule has 1 aromatic heterocycles. The van der Waals surface area contributed by atoms with Crippen molar-refractivity contribution in [3.63, 3.8) is 0 Å². The van der Waals surface area contributed by atoms with Gasteiger partial charge in [0.15, 0.2) is 17.5 Å². The van der Waals surface area contributed by atoms with Gasteiger partial charge >= 0.3 is 0 Å². The van der Waals surface area contributed by atoms with E-state index in [9.17, 15) is 4.39 Å². The van der Waals surface area contributed by atoms with Crippen molar-refractivity contribution in [3.05, 3.63) is 47.4 Å². The summed E-state index contributed by atoms with van der Waals surface area (Å²) >= 11 is 0. The predicted octanol–water partition coefficient (Wildman–Crippen LogP) is 3.77. The molecule has 0 aliphatic rings. The molecular formula is C20H29FN4O2. The summed E-state index contributed by atoms with van der Waals surface area (Å²) in [4.78, 5) is 8.78. The van der Waals surface area contributed by atoms with E-state index in [1.54, 1.807) is 12.3 Å². The Bertz CT molecular complexity index is 766. The van der Waals surface area contributed by atoms with Crippen LogP contribution in [-0.4, -0.2) is 24.1 Å². The first-order chi connectivity index (χ1) is 12.8. The monoisotopic (exact) mass is 376 g/mol. The van der Waals surface area contributed by atoms with Gasteiger partial charge < -0.3 is 19.8 Å². The molecule has 0 fully saturated rings. The molecule has 2 rings (SSSR count). The minimum atomic E-state index is -0.378. The van der Waals surface area contributed by atoms with Gasteiger partial charge in [0.2, 0.25) is 5.89 Å². The minimum absolute atomic E-state index is 0.0818. The number of guanidine groups is 1. The van der Waals surface area contributed by atoms with E-state index < -0.39 is 0 Å². The van der Waals surface area contributed by atoms with E-state index in [1.807, 2.05) is 19.9 Å². The van der Waals surface area contributed by atoms with Crippen LogP contribution in [0.4, 0.5) is 4.39 Å². The van der Waals surface area contributed by atoms with E-state index in [-0.39, 0.29) is 17.0 Å². The third-order valence-corrected chi connectivity index (χ3v) is 3.76. The summed E-state index contributed by atoms with van der Waals surface area (Å²) in [5, 5.41) is 6.34. The predicted molar refractivity (Wildman–Crippen MR) is 104 cm³/mol. The third kappa shape index (κ3) is 6.27. The van der Waals surface area contributed by atoms with E-state index in [2.05, 4.69) is 41.4 Å². The van der Waals surface area contributed by atoms with Gasteiger partial charge in [-0.2, -0.15) is 0 Å². The lowest BCUT2D eigenvalue weighted by Crippen LogP contribution is -2.36. The number of hydrogen-bond donors (Lipinski definition) is 2. The van der Waals surface area contributed by atoms with E-state index in [0.717, 1.165) is 11.3 Å². The standard InChI is InChI=1S/C20H29FN4O2/c1-6-22-19(25-13-18-23-12-17(27-18)20(3,4)5)24-11-14-8-9-16(26-7-2)15(21)10-14/h8-10,12H,6-7,11,13H2,1-5H3,(H2,22,24,25). The van der Waals surface area contributed by atoms with Gasteiger partial charge in [-0.25, -0.2) is 14.4 Å². The fraction of sp³-hybridized carbons (Fsp3) is 0.500. The quantitative estimate of drug-likeness (QED) is 0.569. The maximum atomic E-state index is 14.0. The highest BCUT2D eigenvalue weighted by molar-refractivity contribution is 5.79. The average Bonchev–Trinajstić information content (AvgIpc) is 3.09. The van der Waals surface area contributed by atoms with Crippen LogP contribution in [0, 0.1) is 5.82 Å². The second kappa shape index (κ2) is 9.39. The van der Waals surface area contributed by atoms with Crippen molar-refractivity contribution in [3.8, 4) is 5.75 Å². The number of aliphatic imine (C=N–C) groups is 1. The van der Waals surface area contributed by atoms with Crippen molar-refractivity contribution in [1.29, 1.82) is 0 Å². The van der Waals surface area contributed by atoms with Crippen LogP contribution in [0.5, 0.6) is 5.75 Å². The first kappa shape index (κ1) is 20.7. The number of rotatable bonds is 7. The summed E-state index contributed by atoms with van der Waals surface area (Å²) in [6.07, 6.45) is 1.75. The first-order valence-electron chi connectivity index (χ1n) is 9.22. The van der Waals surface area contributed by atoms with Crippen LogP contribution in [0.2, 0.25) is 0 Å². The molecule has 1 heterocycles. The Labute approximate surface area is 160 Å². The third-order valence-electron chi connectivity index (χ3n) is 3.76. The number of hydrogen-bond acceptors (Lipinski definition) is 4. The Morgan fingerprint density at radius 1 is 1.26 bits per heavy atom. The maximum Gasteiger partial charge on any atom is 0.213 e. The number of aromatic nitrogens is 1. The van der Waals surface area contributed by atoms with Crippen molar-refractivity contribution in [2.24, 2.45) is 4.99 Å². The molecule has 1 aromatic carbocycles. The van der Waals surface area contributed by atoms with Gasteiger partial charge in [-0.3, -0.25) is 0 Å². The maximum absolute atomic E-state index is 14.0. The molecule has 0 amide bonds. The summed E-state index contributed by atoms with van der Waals surface area (Å²) < 4.78 is 24.9. The Balaban J connectivity index is 1.99. The van der Waals surface area contributed by atoms with Gasteiger partial charge in [-0.1, -0.05) is 26.8 Å². The Morgan fingerprint density at radius 3 is 2.63 bits per heavy atom. The molecular weight excluding hydrogens is 347 g/mol. The van der Waals surface area contributed by atoms with Crippen molar-refractivity contribution in [1.82, 2.24) is 15.6 Å². The number of benzene rings is 1. The lowest BCUT2D eigenvalue weighted by Gasteiger charge is -2.13. The lowest BCUT2D eigenvalue weighted by atomic mass is 9.94. The van der Waals surface area contributed by atoms with Gasteiger partial charge in [-0.05, 0) is 31.5 Å². The summed E-state index contributed by atoms with van der Waals surface area (Å²) in [6, 6.07) is 4.89. The van der Waals surface area contributed by atoms with Gasteiger partial charge in [-0.15, -0.1) is 0 Å². The molecule has 0 aliphatic carbocycles. The summed E-state index contributed by atoms with van der Waals surface area (Å²) in [5.41, 5.74) is 0.681. The van der Waals surface area contributed by atoms with Crippen LogP contribution in [0.15, 0.2) is 33.8 Å². The number of nitrogens with zero attached hydrogens (tertiary/aromatic N) is 2. The number of nitrogens with one attached hydrogen (secondary N) is 2. The van der Waals surface area contributed by atoms with Crippen LogP contribution >= 0.6 is 0 Å². The molecule has 6 nitrogen and oxygen atoms in total. The fourth-order valence-corrected chi connectivity index (χ4v) is 2.33. The van der Waals surface area contributed by atoms with E-state index in [0.29, 0.717) is 38.1 Å². The largest absolute Gasteiger partial charge is 0.491 e. The van der Waals surface area contributed by atoms with Crippen LogP contribution in [-0.2, 0) is 18.5 Å². The van der Waals surface area contributed by atoms with E-state index in [1.165, 1.54) is 6.07 Å². The normalized spacial score (nSPS) is 12.1. The van der Waals surface area contributed by atoms with Crippen molar-refractivity contribution in [2.45, 2.75) is 53.1 Å². The Hall–Kier alpha value is -2.57. The molecule has 27 heavy (non-hydrogen) atoms. The highest BCUT2D eigenvalue weighted by Crippen LogP contribution is 2.22. The molecule has 2 aromatic rings.